The maximum absolute atomic E-state index is 8.74. The van der Waals surface area contributed by atoms with Gasteiger partial charge in [0.1, 0.15) is 6.07 Å². The summed E-state index contributed by atoms with van der Waals surface area (Å²) in [5.74, 6) is -1.60. The molecule has 1 atom stereocenters. The van der Waals surface area contributed by atoms with Gasteiger partial charge in [-0.15, -0.1) is 0 Å². The zero-order valence-corrected chi connectivity index (χ0v) is 5.01. The van der Waals surface area contributed by atoms with Crippen LogP contribution in [0.2, 0.25) is 0 Å². The first-order valence-corrected chi connectivity index (χ1v) is 2.40. The van der Waals surface area contributed by atoms with E-state index in [0.29, 0.717) is 6.61 Å². The lowest BCUT2D eigenvalue weighted by molar-refractivity contribution is -0.142. The van der Waals surface area contributed by atoms with E-state index in [4.69, 9.17) is 10.4 Å². The Hall–Kier alpha value is -0.590. The summed E-state index contributed by atoms with van der Waals surface area (Å²) in [6.45, 7) is 3.36. The standard InChI is InChI=1S/C5H9NO2/c1-3-8-5(2,7)4-6/h7H,3H2,1-2H3. The summed E-state index contributed by atoms with van der Waals surface area (Å²) < 4.78 is 4.57. The van der Waals surface area contributed by atoms with Gasteiger partial charge in [0.2, 0.25) is 0 Å². The minimum Gasteiger partial charge on any atom is -0.354 e. The molecule has 0 bridgehead atoms. The molecule has 0 aromatic rings. The molecule has 0 rings (SSSR count). The number of nitrogens with zero attached hydrogens (tertiary/aromatic N) is 1. The van der Waals surface area contributed by atoms with Crippen LogP contribution in [0.3, 0.4) is 0 Å². The topological polar surface area (TPSA) is 53.2 Å². The van der Waals surface area contributed by atoms with E-state index >= 15 is 0 Å². The smallest absolute Gasteiger partial charge is 0.253 e. The third kappa shape index (κ3) is 2.56. The van der Waals surface area contributed by atoms with E-state index in [1.54, 1.807) is 13.0 Å². The Kier molecular flexibility index (Phi) is 2.46. The molecule has 0 radical (unpaired) electrons. The fourth-order valence-corrected chi connectivity index (χ4v) is 0.313. The van der Waals surface area contributed by atoms with Gasteiger partial charge in [0.05, 0.1) is 0 Å². The summed E-state index contributed by atoms with van der Waals surface area (Å²) in [6, 6.07) is 1.58. The van der Waals surface area contributed by atoms with Crippen LogP contribution in [0.25, 0.3) is 0 Å². The Labute approximate surface area is 48.5 Å². The van der Waals surface area contributed by atoms with Crippen LogP contribution in [0.5, 0.6) is 0 Å². The van der Waals surface area contributed by atoms with Crippen molar-refractivity contribution in [2.45, 2.75) is 19.6 Å². The van der Waals surface area contributed by atoms with Gasteiger partial charge in [0.25, 0.3) is 5.79 Å². The molecule has 0 aliphatic rings. The molecular formula is C5H9NO2. The molecule has 0 aliphatic carbocycles. The molecule has 0 amide bonds. The molecule has 0 spiro atoms. The first kappa shape index (κ1) is 7.41. The molecule has 8 heavy (non-hydrogen) atoms. The Morgan fingerprint density at radius 3 is 2.50 bits per heavy atom. The first-order valence-electron chi connectivity index (χ1n) is 2.40. The third-order valence-corrected chi connectivity index (χ3v) is 0.633. The second kappa shape index (κ2) is 2.65. The molecular weight excluding hydrogens is 106 g/mol. The molecule has 0 aromatic carbocycles. The lowest BCUT2D eigenvalue weighted by Crippen LogP contribution is -2.25. The van der Waals surface area contributed by atoms with Crippen LogP contribution in [0, 0.1) is 11.3 Å². The van der Waals surface area contributed by atoms with Crippen molar-refractivity contribution in [1.29, 1.82) is 5.26 Å². The predicted octanol–water partition coefficient (Wildman–Crippen LogP) is 0.255. The summed E-state index contributed by atoms with van der Waals surface area (Å²) in [7, 11) is 0. The average Bonchev–Trinajstić information content (AvgIpc) is 1.67. The lowest BCUT2D eigenvalue weighted by atomic mass is 10.4. The van der Waals surface area contributed by atoms with Crippen molar-refractivity contribution in [2.24, 2.45) is 0 Å². The average molecular weight is 115 g/mol. The molecule has 0 aliphatic heterocycles. The monoisotopic (exact) mass is 115 g/mol. The molecule has 46 valence electrons. The number of hydrogen-bond acceptors (Lipinski definition) is 3. The third-order valence-electron chi connectivity index (χ3n) is 0.633. The molecule has 3 heteroatoms. The van der Waals surface area contributed by atoms with Gasteiger partial charge in [0, 0.05) is 13.5 Å². The summed E-state index contributed by atoms with van der Waals surface area (Å²) in [4.78, 5) is 0. The van der Waals surface area contributed by atoms with Crippen LogP contribution >= 0.6 is 0 Å². The second-order valence-electron chi connectivity index (χ2n) is 1.53. The van der Waals surface area contributed by atoms with Gasteiger partial charge >= 0.3 is 0 Å². The number of nitriles is 1. The number of rotatable bonds is 2. The highest BCUT2D eigenvalue weighted by molar-refractivity contribution is 4.87. The van der Waals surface area contributed by atoms with E-state index in [1.807, 2.05) is 0 Å². The molecule has 1 N–H and O–H groups in total. The van der Waals surface area contributed by atoms with Crippen LogP contribution in [0.15, 0.2) is 0 Å². The van der Waals surface area contributed by atoms with Crippen LogP contribution in [-0.2, 0) is 4.74 Å². The minimum atomic E-state index is -1.60. The van der Waals surface area contributed by atoms with Gasteiger partial charge in [-0.1, -0.05) is 0 Å². The summed E-state index contributed by atoms with van der Waals surface area (Å²) in [5, 5.41) is 16.8. The van der Waals surface area contributed by atoms with E-state index in [0.717, 1.165) is 0 Å². The molecule has 1 unspecified atom stereocenters. The summed E-state index contributed by atoms with van der Waals surface area (Å²) >= 11 is 0. The highest BCUT2D eigenvalue weighted by Gasteiger charge is 2.17. The Morgan fingerprint density at radius 2 is 2.38 bits per heavy atom. The Bertz CT molecular complexity index is 103. The normalized spacial score (nSPS) is 16.8. The van der Waals surface area contributed by atoms with Crippen molar-refractivity contribution < 1.29 is 9.84 Å². The molecule has 0 saturated heterocycles. The number of ether oxygens (including phenoxy) is 1. The van der Waals surface area contributed by atoms with Crippen molar-refractivity contribution in [3.63, 3.8) is 0 Å². The van der Waals surface area contributed by atoms with Crippen molar-refractivity contribution in [1.82, 2.24) is 0 Å². The van der Waals surface area contributed by atoms with Crippen molar-refractivity contribution in [3.8, 4) is 6.07 Å². The molecule has 0 heterocycles. The van der Waals surface area contributed by atoms with Crippen LogP contribution in [-0.4, -0.2) is 17.5 Å². The number of aliphatic hydroxyl groups is 1. The minimum absolute atomic E-state index is 0.348. The summed E-state index contributed by atoms with van der Waals surface area (Å²) in [6.07, 6.45) is 0. The first-order chi connectivity index (χ1) is 3.62. The predicted molar refractivity (Wildman–Crippen MR) is 27.9 cm³/mol. The highest BCUT2D eigenvalue weighted by Crippen LogP contribution is 2.00. The van der Waals surface area contributed by atoms with Gasteiger partial charge in [-0.25, -0.2) is 0 Å². The molecule has 0 fully saturated rings. The summed E-state index contributed by atoms with van der Waals surface area (Å²) in [5.41, 5.74) is 0. The zero-order valence-electron chi connectivity index (χ0n) is 5.01. The molecule has 0 aromatic heterocycles. The van der Waals surface area contributed by atoms with E-state index < -0.39 is 5.79 Å². The SMILES string of the molecule is CCOC(C)(O)C#N. The van der Waals surface area contributed by atoms with Gasteiger partial charge in [-0.05, 0) is 6.92 Å². The lowest BCUT2D eigenvalue weighted by Gasteiger charge is -2.11. The van der Waals surface area contributed by atoms with Gasteiger partial charge in [-0.2, -0.15) is 5.26 Å². The van der Waals surface area contributed by atoms with Gasteiger partial charge in [0.15, 0.2) is 0 Å². The van der Waals surface area contributed by atoms with Crippen LogP contribution in [0.1, 0.15) is 13.8 Å². The van der Waals surface area contributed by atoms with Gasteiger partial charge < -0.3 is 9.84 Å². The zero-order chi connectivity index (χ0) is 6.62. The maximum atomic E-state index is 8.74. The van der Waals surface area contributed by atoms with E-state index in [2.05, 4.69) is 4.74 Å². The fourth-order valence-electron chi connectivity index (χ4n) is 0.313. The molecule has 3 nitrogen and oxygen atoms in total. The van der Waals surface area contributed by atoms with Gasteiger partial charge in [-0.3, -0.25) is 0 Å². The van der Waals surface area contributed by atoms with E-state index in [-0.39, 0.29) is 0 Å². The largest absolute Gasteiger partial charge is 0.354 e. The van der Waals surface area contributed by atoms with Crippen molar-refractivity contribution in [3.05, 3.63) is 0 Å². The van der Waals surface area contributed by atoms with Crippen LogP contribution < -0.4 is 0 Å². The van der Waals surface area contributed by atoms with E-state index in [1.165, 1.54) is 6.92 Å². The fraction of sp³-hybridized carbons (Fsp3) is 0.800. The quantitative estimate of drug-likeness (QED) is 0.414. The Balaban J connectivity index is 3.59. The second-order valence-corrected chi connectivity index (χ2v) is 1.53. The van der Waals surface area contributed by atoms with E-state index in [9.17, 15) is 0 Å². The maximum Gasteiger partial charge on any atom is 0.253 e. The molecule has 0 saturated carbocycles. The Morgan fingerprint density at radius 1 is 1.88 bits per heavy atom. The van der Waals surface area contributed by atoms with Crippen molar-refractivity contribution in [2.75, 3.05) is 6.61 Å². The number of hydrogen-bond donors (Lipinski definition) is 1. The van der Waals surface area contributed by atoms with Crippen LogP contribution in [0.4, 0.5) is 0 Å². The highest BCUT2D eigenvalue weighted by atomic mass is 16.6. The van der Waals surface area contributed by atoms with Crippen molar-refractivity contribution >= 4 is 0 Å².